The zero-order valence-electron chi connectivity index (χ0n) is 24.1. The highest BCUT2D eigenvalue weighted by molar-refractivity contribution is 5.94. The van der Waals surface area contributed by atoms with Crippen LogP contribution in [0.3, 0.4) is 0 Å². The number of carbonyl (C=O) groups excluding carboxylic acids is 3. The molecular weight excluding hydrogens is 504 g/mol. The Morgan fingerprint density at radius 2 is 1.52 bits per heavy atom. The summed E-state index contributed by atoms with van der Waals surface area (Å²) in [6.45, 7) is 8.92. The predicted molar refractivity (Wildman–Crippen MR) is 159 cm³/mol. The molecule has 0 spiro atoms. The number of piperazine rings is 1. The van der Waals surface area contributed by atoms with Crippen molar-refractivity contribution in [1.29, 1.82) is 0 Å². The summed E-state index contributed by atoms with van der Waals surface area (Å²) < 4.78 is 0. The summed E-state index contributed by atoms with van der Waals surface area (Å²) >= 11 is 0. The number of benzene rings is 2. The molecule has 0 unspecified atom stereocenters. The van der Waals surface area contributed by atoms with Gasteiger partial charge in [-0.15, -0.1) is 0 Å². The maximum absolute atomic E-state index is 12.9. The highest BCUT2D eigenvalue weighted by atomic mass is 16.2. The molecule has 216 valence electrons. The smallest absolute Gasteiger partial charge is 0.318 e. The quantitative estimate of drug-likeness (QED) is 0.463. The number of nitrogens with zero attached hydrogens (tertiary/aromatic N) is 3. The maximum Gasteiger partial charge on any atom is 0.318 e. The number of nitrogens with one attached hydrogen (secondary N) is 3. The van der Waals surface area contributed by atoms with Crippen LogP contribution in [-0.4, -0.2) is 72.1 Å². The summed E-state index contributed by atoms with van der Waals surface area (Å²) in [6.07, 6.45) is 5.85. The second-order valence-corrected chi connectivity index (χ2v) is 11.9. The lowest BCUT2D eigenvalue weighted by atomic mass is 9.96. The maximum atomic E-state index is 12.9. The van der Waals surface area contributed by atoms with E-state index in [1.165, 1.54) is 24.2 Å². The third-order valence-corrected chi connectivity index (χ3v) is 7.34. The van der Waals surface area contributed by atoms with Crippen LogP contribution in [-0.2, 0) is 11.3 Å². The monoisotopic (exact) mass is 548 g/mol. The molecule has 2 aromatic rings. The van der Waals surface area contributed by atoms with Gasteiger partial charge in [0.25, 0.3) is 0 Å². The topological polar surface area (TPSA) is 97.0 Å². The third-order valence-electron chi connectivity index (χ3n) is 7.34. The molecule has 0 atom stereocenters. The molecule has 40 heavy (non-hydrogen) atoms. The largest absolute Gasteiger partial charge is 0.368 e. The van der Waals surface area contributed by atoms with Crippen LogP contribution < -0.4 is 20.9 Å². The fraction of sp³-hybridized carbons (Fsp3) is 0.516. The van der Waals surface area contributed by atoms with Crippen molar-refractivity contribution in [3.8, 4) is 0 Å². The lowest BCUT2D eigenvalue weighted by Gasteiger charge is -2.37. The summed E-state index contributed by atoms with van der Waals surface area (Å²) in [6, 6.07) is 17.5. The van der Waals surface area contributed by atoms with Crippen molar-refractivity contribution < 1.29 is 14.4 Å². The minimum Gasteiger partial charge on any atom is -0.368 e. The van der Waals surface area contributed by atoms with Crippen LogP contribution in [0.25, 0.3) is 0 Å². The SMILES string of the molecule is CC(C)(C)NC(=O)N(CC(=O)Nc1ccc(N2CCN(C(=O)NC3CCCCC3)CC2)cc1)Cc1ccccc1. The van der Waals surface area contributed by atoms with E-state index in [0.29, 0.717) is 31.4 Å². The molecule has 2 fully saturated rings. The molecule has 0 aromatic heterocycles. The van der Waals surface area contributed by atoms with Crippen LogP contribution >= 0.6 is 0 Å². The van der Waals surface area contributed by atoms with E-state index in [9.17, 15) is 14.4 Å². The number of urea groups is 2. The summed E-state index contributed by atoms with van der Waals surface area (Å²) in [5.74, 6) is -0.259. The molecule has 1 aliphatic heterocycles. The van der Waals surface area contributed by atoms with E-state index in [1.54, 1.807) is 0 Å². The van der Waals surface area contributed by atoms with Gasteiger partial charge in [0.1, 0.15) is 6.54 Å². The van der Waals surface area contributed by atoms with Crippen LogP contribution in [0.15, 0.2) is 54.6 Å². The first kappa shape index (κ1) is 29.2. The van der Waals surface area contributed by atoms with Crippen molar-refractivity contribution in [3.05, 3.63) is 60.2 Å². The van der Waals surface area contributed by atoms with E-state index >= 15 is 0 Å². The molecule has 1 heterocycles. The molecular formula is C31H44N6O3. The van der Waals surface area contributed by atoms with E-state index in [4.69, 9.17) is 0 Å². The van der Waals surface area contributed by atoms with Crippen molar-refractivity contribution in [2.24, 2.45) is 0 Å². The van der Waals surface area contributed by atoms with Gasteiger partial charge in [-0.25, -0.2) is 9.59 Å². The van der Waals surface area contributed by atoms with Crippen LogP contribution in [0.5, 0.6) is 0 Å². The number of rotatable bonds is 7. The molecule has 3 N–H and O–H groups in total. The lowest BCUT2D eigenvalue weighted by molar-refractivity contribution is -0.116. The first-order valence-electron chi connectivity index (χ1n) is 14.5. The summed E-state index contributed by atoms with van der Waals surface area (Å²) in [4.78, 5) is 44.2. The number of carbonyl (C=O) groups is 3. The summed E-state index contributed by atoms with van der Waals surface area (Å²) in [5, 5.41) is 9.10. The molecule has 0 radical (unpaired) electrons. The average Bonchev–Trinajstić information content (AvgIpc) is 2.93. The lowest BCUT2D eigenvalue weighted by Crippen LogP contribution is -2.53. The number of amides is 5. The average molecular weight is 549 g/mol. The molecule has 1 saturated carbocycles. The number of anilines is 2. The van der Waals surface area contributed by atoms with Gasteiger partial charge < -0.3 is 30.7 Å². The van der Waals surface area contributed by atoms with Crippen LogP contribution in [0.2, 0.25) is 0 Å². The van der Waals surface area contributed by atoms with Gasteiger partial charge in [-0.2, -0.15) is 0 Å². The van der Waals surface area contributed by atoms with Gasteiger partial charge in [0.05, 0.1) is 0 Å². The van der Waals surface area contributed by atoms with Crippen molar-refractivity contribution >= 4 is 29.3 Å². The van der Waals surface area contributed by atoms with E-state index in [2.05, 4.69) is 20.9 Å². The molecule has 5 amide bonds. The van der Waals surface area contributed by atoms with E-state index in [0.717, 1.165) is 37.2 Å². The number of hydrogen-bond donors (Lipinski definition) is 3. The fourth-order valence-electron chi connectivity index (χ4n) is 5.21. The van der Waals surface area contributed by atoms with E-state index in [-0.39, 0.29) is 24.5 Å². The second kappa shape index (κ2) is 13.5. The van der Waals surface area contributed by atoms with Gasteiger partial charge in [-0.05, 0) is 63.4 Å². The van der Waals surface area contributed by atoms with Crippen LogP contribution in [0.4, 0.5) is 21.0 Å². The Balaban J connectivity index is 1.27. The summed E-state index contributed by atoms with van der Waals surface area (Å²) in [5.41, 5.74) is 2.27. The first-order chi connectivity index (χ1) is 19.2. The highest BCUT2D eigenvalue weighted by Gasteiger charge is 2.25. The molecule has 9 nitrogen and oxygen atoms in total. The molecule has 0 bridgehead atoms. The van der Waals surface area contributed by atoms with E-state index < -0.39 is 5.54 Å². The Hall–Kier alpha value is -3.75. The second-order valence-electron chi connectivity index (χ2n) is 11.9. The third kappa shape index (κ3) is 8.89. The van der Waals surface area contributed by atoms with Gasteiger partial charge in [0.15, 0.2) is 0 Å². The van der Waals surface area contributed by atoms with Crippen LogP contribution in [0, 0.1) is 0 Å². The Bertz CT molecular complexity index is 1120. The molecule has 4 rings (SSSR count). The fourth-order valence-corrected chi connectivity index (χ4v) is 5.21. The molecule has 1 aliphatic carbocycles. The molecule has 2 aliphatic rings. The van der Waals surface area contributed by atoms with Gasteiger partial charge >= 0.3 is 12.1 Å². The molecule has 2 aromatic carbocycles. The Morgan fingerprint density at radius 1 is 0.875 bits per heavy atom. The zero-order valence-corrected chi connectivity index (χ0v) is 24.1. The van der Waals surface area contributed by atoms with Crippen molar-refractivity contribution in [3.63, 3.8) is 0 Å². The van der Waals surface area contributed by atoms with Gasteiger partial charge in [0.2, 0.25) is 5.91 Å². The Morgan fingerprint density at radius 3 is 2.15 bits per heavy atom. The van der Waals surface area contributed by atoms with Gasteiger partial charge in [0, 0.05) is 55.7 Å². The van der Waals surface area contributed by atoms with Gasteiger partial charge in [-0.3, -0.25) is 4.79 Å². The minimum atomic E-state index is -0.414. The normalized spacial score (nSPS) is 16.3. The first-order valence-corrected chi connectivity index (χ1v) is 14.5. The summed E-state index contributed by atoms with van der Waals surface area (Å²) in [7, 11) is 0. The Kier molecular flexibility index (Phi) is 9.90. The highest BCUT2D eigenvalue weighted by Crippen LogP contribution is 2.21. The molecule has 9 heteroatoms. The van der Waals surface area contributed by atoms with E-state index in [1.807, 2.05) is 80.3 Å². The predicted octanol–water partition coefficient (Wildman–Crippen LogP) is 4.80. The standard InChI is InChI=1S/C31H44N6O3/c1-31(2,3)34-30(40)37(22-24-10-6-4-7-11-24)23-28(38)32-26-14-16-27(17-15-26)35-18-20-36(21-19-35)29(39)33-25-12-8-5-9-13-25/h4,6-7,10-11,14-17,25H,5,8-9,12-13,18-23H2,1-3H3,(H,32,38)(H,33,39)(H,34,40). The number of hydrogen-bond acceptors (Lipinski definition) is 4. The zero-order chi connectivity index (χ0) is 28.5. The molecule has 1 saturated heterocycles. The van der Waals surface area contributed by atoms with Crippen LogP contribution in [0.1, 0.15) is 58.4 Å². The van der Waals surface area contributed by atoms with Crippen molar-refractivity contribution in [1.82, 2.24) is 20.4 Å². The van der Waals surface area contributed by atoms with Crippen molar-refractivity contribution in [2.45, 2.75) is 71.0 Å². The van der Waals surface area contributed by atoms with Crippen molar-refractivity contribution in [2.75, 3.05) is 42.9 Å². The minimum absolute atomic E-state index is 0.0575. The Labute approximate surface area is 238 Å². The van der Waals surface area contributed by atoms with Gasteiger partial charge in [-0.1, -0.05) is 49.6 Å².